The van der Waals surface area contributed by atoms with Gasteiger partial charge in [-0.25, -0.2) is 9.97 Å². The van der Waals surface area contributed by atoms with Crippen molar-refractivity contribution in [3.8, 4) is 0 Å². The number of rotatable bonds is 4. The van der Waals surface area contributed by atoms with Crippen molar-refractivity contribution in [1.29, 1.82) is 0 Å². The van der Waals surface area contributed by atoms with E-state index >= 15 is 0 Å². The van der Waals surface area contributed by atoms with Crippen LogP contribution in [-0.2, 0) is 6.54 Å². The Morgan fingerprint density at radius 1 is 1.09 bits per heavy atom. The van der Waals surface area contributed by atoms with Crippen molar-refractivity contribution in [1.82, 2.24) is 19.5 Å². The second-order valence-corrected chi connectivity index (χ2v) is 7.06. The van der Waals surface area contributed by atoms with Crippen molar-refractivity contribution >= 4 is 5.82 Å². The first-order chi connectivity index (χ1) is 11.2. The van der Waals surface area contributed by atoms with Crippen molar-refractivity contribution in [2.24, 2.45) is 5.92 Å². The van der Waals surface area contributed by atoms with Crippen LogP contribution >= 0.6 is 0 Å². The average molecular weight is 311 g/mol. The fraction of sp³-hybridized carbons (Fsp3) is 0.611. The van der Waals surface area contributed by atoms with Gasteiger partial charge in [-0.1, -0.05) is 0 Å². The van der Waals surface area contributed by atoms with E-state index in [2.05, 4.69) is 32.6 Å². The highest BCUT2D eigenvalue weighted by Crippen LogP contribution is 2.34. The molecule has 0 N–H and O–H groups in total. The zero-order valence-corrected chi connectivity index (χ0v) is 14.1. The van der Waals surface area contributed by atoms with E-state index in [1.54, 1.807) is 0 Å². The van der Waals surface area contributed by atoms with Gasteiger partial charge in [0.2, 0.25) is 0 Å². The van der Waals surface area contributed by atoms with Gasteiger partial charge in [-0.3, -0.25) is 4.98 Å². The summed E-state index contributed by atoms with van der Waals surface area (Å²) in [6.45, 7) is 7.31. The Balaban J connectivity index is 1.44. The monoisotopic (exact) mass is 311 g/mol. The lowest BCUT2D eigenvalue weighted by Crippen LogP contribution is -2.35. The van der Waals surface area contributed by atoms with Crippen molar-refractivity contribution in [2.75, 3.05) is 18.0 Å². The van der Waals surface area contributed by atoms with Crippen LogP contribution in [0.15, 0.2) is 18.6 Å². The first-order valence-corrected chi connectivity index (χ1v) is 8.77. The number of anilines is 1. The number of piperidine rings is 1. The molecule has 1 saturated carbocycles. The molecule has 1 aliphatic heterocycles. The van der Waals surface area contributed by atoms with Gasteiger partial charge in [-0.05, 0) is 45.4 Å². The minimum Gasteiger partial charge on any atom is -0.355 e. The number of nitrogens with zero attached hydrogens (tertiary/aromatic N) is 5. The minimum atomic E-state index is 0.582. The molecular formula is C18H25N5. The lowest BCUT2D eigenvalue weighted by Gasteiger charge is -2.33. The minimum absolute atomic E-state index is 0.582. The van der Waals surface area contributed by atoms with E-state index in [4.69, 9.17) is 4.98 Å². The molecule has 0 amide bonds. The van der Waals surface area contributed by atoms with Gasteiger partial charge in [0.1, 0.15) is 11.6 Å². The summed E-state index contributed by atoms with van der Waals surface area (Å²) < 4.78 is 2.40. The molecule has 0 radical (unpaired) electrons. The molecule has 0 bridgehead atoms. The average Bonchev–Trinajstić information content (AvgIpc) is 3.26. The SMILES string of the molecule is Cc1cnc(C)c(N2CCC(c3nccn3CC3CC3)CC2)n1. The van der Waals surface area contributed by atoms with Gasteiger partial charge in [0, 0.05) is 44.1 Å². The third-order valence-electron chi connectivity index (χ3n) is 5.11. The van der Waals surface area contributed by atoms with Gasteiger partial charge in [-0.2, -0.15) is 0 Å². The molecule has 0 atom stereocenters. The highest BCUT2D eigenvalue weighted by atomic mass is 15.2. The van der Waals surface area contributed by atoms with Crippen LogP contribution in [-0.4, -0.2) is 32.6 Å². The molecule has 1 saturated heterocycles. The number of aryl methyl sites for hydroxylation is 2. The summed E-state index contributed by atoms with van der Waals surface area (Å²) in [6.07, 6.45) is 11.1. The Labute approximate surface area is 137 Å². The molecular weight excluding hydrogens is 286 g/mol. The summed E-state index contributed by atoms with van der Waals surface area (Å²) in [5, 5.41) is 0. The number of hydrogen-bond donors (Lipinski definition) is 0. The van der Waals surface area contributed by atoms with Crippen molar-refractivity contribution in [3.05, 3.63) is 35.8 Å². The topological polar surface area (TPSA) is 46.8 Å². The third-order valence-corrected chi connectivity index (χ3v) is 5.11. The summed E-state index contributed by atoms with van der Waals surface area (Å²) in [4.78, 5) is 16.2. The first kappa shape index (κ1) is 14.7. The Hall–Kier alpha value is -1.91. The molecule has 1 aliphatic carbocycles. The van der Waals surface area contributed by atoms with Crippen LogP contribution in [0.5, 0.6) is 0 Å². The predicted molar refractivity (Wildman–Crippen MR) is 90.6 cm³/mol. The molecule has 5 heteroatoms. The molecule has 2 fully saturated rings. The van der Waals surface area contributed by atoms with Gasteiger partial charge in [0.15, 0.2) is 0 Å². The van der Waals surface area contributed by atoms with Crippen LogP contribution in [0.4, 0.5) is 5.82 Å². The van der Waals surface area contributed by atoms with Crippen LogP contribution < -0.4 is 4.90 Å². The number of aromatic nitrogens is 4. The molecule has 23 heavy (non-hydrogen) atoms. The highest BCUT2D eigenvalue weighted by molar-refractivity contribution is 5.43. The molecule has 0 unspecified atom stereocenters. The summed E-state index contributed by atoms with van der Waals surface area (Å²) >= 11 is 0. The number of hydrogen-bond acceptors (Lipinski definition) is 4. The van der Waals surface area contributed by atoms with E-state index in [1.165, 1.54) is 18.7 Å². The largest absolute Gasteiger partial charge is 0.355 e. The molecule has 0 aromatic carbocycles. The fourth-order valence-corrected chi connectivity index (χ4v) is 3.59. The zero-order valence-electron chi connectivity index (χ0n) is 14.1. The standard InChI is InChI=1S/C18H25N5/c1-13-11-20-14(2)17(21-13)22-8-5-16(6-9-22)18-19-7-10-23(18)12-15-3-4-15/h7,10-11,15-16H,3-6,8-9,12H2,1-2H3. The maximum Gasteiger partial charge on any atom is 0.150 e. The number of imidazole rings is 1. The van der Waals surface area contributed by atoms with E-state index in [-0.39, 0.29) is 0 Å². The van der Waals surface area contributed by atoms with Crippen molar-refractivity contribution in [2.45, 2.75) is 52.0 Å². The van der Waals surface area contributed by atoms with E-state index in [9.17, 15) is 0 Å². The van der Waals surface area contributed by atoms with Crippen molar-refractivity contribution < 1.29 is 0 Å². The molecule has 2 aliphatic rings. The molecule has 3 heterocycles. The van der Waals surface area contributed by atoms with E-state index < -0.39 is 0 Å². The summed E-state index contributed by atoms with van der Waals surface area (Å²) in [5.41, 5.74) is 2.02. The van der Waals surface area contributed by atoms with Gasteiger partial charge < -0.3 is 9.47 Å². The summed E-state index contributed by atoms with van der Waals surface area (Å²) in [5.74, 6) is 3.83. The van der Waals surface area contributed by atoms with E-state index in [0.29, 0.717) is 5.92 Å². The van der Waals surface area contributed by atoms with Crippen LogP contribution in [0.2, 0.25) is 0 Å². The van der Waals surface area contributed by atoms with Crippen LogP contribution in [0.25, 0.3) is 0 Å². The third kappa shape index (κ3) is 3.09. The lowest BCUT2D eigenvalue weighted by molar-refractivity contribution is 0.455. The maximum atomic E-state index is 4.69. The molecule has 122 valence electrons. The predicted octanol–water partition coefficient (Wildman–Crippen LogP) is 3.08. The molecule has 2 aromatic rings. The summed E-state index contributed by atoms with van der Waals surface area (Å²) in [6, 6.07) is 0. The van der Waals surface area contributed by atoms with Crippen LogP contribution in [0.3, 0.4) is 0 Å². The molecule has 4 rings (SSSR count). The second kappa shape index (κ2) is 5.95. The smallest absolute Gasteiger partial charge is 0.150 e. The summed E-state index contributed by atoms with van der Waals surface area (Å²) in [7, 11) is 0. The zero-order chi connectivity index (χ0) is 15.8. The first-order valence-electron chi connectivity index (χ1n) is 8.77. The van der Waals surface area contributed by atoms with Gasteiger partial charge in [0.05, 0.1) is 11.4 Å². The van der Waals surface area contributed by atoms with Gasteiger partial charge >= 0.3 is 0 Å². The van der Waals surface area contributed by atoms with E-state index in [0.717, 1.165) is 55.6 Å². The van der Waals surface area contributed by atoms with Gasteiger partial charge in [0.25, 0.3) is 0 Å². The Morgan fingerprint density at radius 3 is 2.61 bits per heavy atom. The van der Waals surface area contributed by atoms with Gasteiger partial charge in [-0.15, -0.1) is 0 Å². The molecule has 5 nitrogen and oxygen atoms in total. The van der Waals surface area contributed by atoms with Crippen LogP contribution in [0.1, 0.15) is 48.8 Å². The Bertz CT molecular complexity index is 680. The fourth-order valence-electron chi connectivity index (χ4n) is 3.59. The second-order valence-electron chi connectivity index (χ2n) is 7.06. The quantitative estimate of drug-likeness (QED) is 0.870. The normalized spacial score (nSPS) is 19.3. The lowest BCUT2D eigenvalue weighted by atomic mass is 9.95. The highest BCUT2D eigenvalue weighted by Gasteiger charge is 2.28. The Kier molecular flexibility index (Phi) is 3.79. The Morgan fingerprint density at radius 2 is 1.87 bits per heavy atom. The molecule has 0 spiro atoms. The maximum absolute atomic E-state index is 4.69. The van der Waals surface area contributed by atoms with E-state index in [1.807, 2.05) is 19.3 Å². The molecule has 2 aromatic heterocycles. The van der Waals surface area contributed by atoms with Crippen LogP contribution in [0, 0.1) is 19.8 Å². The van der Waals surface area contributed by atoms with Crippen molar-refractivity contribution in [3.63, 3.8) is 0 Å².